The lowest BCUT2D eigenvalue weighted by molar-refractivity contribution is -0.135. The summed E-state index contributed by atoms with van der Waals surface area (Å²) in [7, 11) is 0. The molecule has 1 aliphatic carbocycles. The van der Waals surface area contributed by atoms with E-state index in [1.165, 1.54) is 37.0 Å². The van der Waals surface area contributed by atoms with E-state index in [9.17, 15) is 14.4 Å². The molecule has 2 N–H and O–H groups in total. The highest BCUT2D eigenvalue weighted by molar-refractivity contribution is 7.12. The van der Waals surface area contributed by atoms with Crippen molar-refractivity contribution in [2.45, 2.75) is 32.1 Å². The fourth-order valence-electron chi connectivity index (χ4n) is 3.83. The number of thiophene rings is 1. The summed E-state index contributed by atoms with van der Waals surface area (Å²) in [6, 6.07) is 3.49. The fraction of sp³-hybridized carbons (Fsp3) is 0.611. The number of fused-ring (bicyclic) bond motifs is 1. The van der Waals surface area contributed by atoms with Crippen molar-refractivity contribution in [1.29, 1.82) is 0 Å². The molecule has 136 valence electrons. The summed E-state index contributed by atoms with van der Waals surface area (Å²) in [5, 5.41) is 6.98. The number of hydrogen-bond acceptors (Lipinski definition) is 4. The van der Waals surface area contributed by atoms with E-state index in [4.69, 9.17) is 0 Å². The van der Waals surface area contributed by atoms with Crippen LogP contribution in [0, 0.1) is 11.8 Å². The van der Waals surface area contributed by atoms with Crippen LogP contribution in [0.2, 0.25) is 0 Å². The largest absolute Gasteiger partial charge is 0.345 e. The summed E-state index contributed by atoms with van der Waals surface area (Å²) >= 11 is 1.32. The molecule has 1 saturated carbocycles. The summed E-state index contributed by atoms with van der Waals surface area (Å²) in [5.74, 6) is 0.774. The van der Waals surface area contributed by atoms with Crippen LogP contribution >= 0.6 is 11.3 Å². The average Bonchev–Trinajstić information content (AvgIpc) is 3.18. The van der Waals surface area contributed by atoms with E-state index in [1.54, 1.807) is 12.1 Å². The molecule has 25 heavy (non-hydrogen) atoms. The summed E-state index contributed by atoms with van der Waals surface area (Å²) in [6.45, 7) is 1.51. The van der Waals surface area contributed by atoms with E-state index >= 15 is 0 Å². The molecule has 2 heterocycles. The molecule has 2 fully saturated rings. The Balaban J connectivity index is 1.37. The van der Waals surface area contributed by atoms with Gasteiger partial charge >= 0.3 is 0 Å². The average molecular weight is 363 g/mol. The first-order valence-corrected chi connectivity index (χ1v) is 9.87. The molecule has 0 bridgehead atoms. The Morgan fingerprint density at radius 1 is 1.08 bits per heavy atom. The van der Waals surface area contributed by atoms with Crippen molar-refractivity contribution in [3.63, 3.8) is 0 Å². The molecule has 0 unspecified atom stereocenters. The minimum absolute atomic E-state index is 0.00505. The highest BCUT2D eigenvalue weighted by Crippen LogP contribution is 2.35. The van der Waals surface area contributed by atoms with Gasteiger partial charge in [-0.05, 0) is 36.1 Å². The summed E-state index contributed by atoms with van der Waals surface area (Å²) in [5.41, 5.74) is 0. The number of nitrogens with zero attached hydrogens (tertiary/aromatic N) is 1. The van der Waals surface area contributed by atoms with Crippen molar-refractivity contribution in [2.24, 2.45) is 11.8 Å². The van der Waals surface area contributed by atoms with Crippen LogP contribution in [0.3, 0.4) is 0 Å². The molecule has 0 radical (unpaired) electrons. The van der Waals surface area contributed by atoms with Crippen molar-refractivity contribution in [3.8, 4) is 0 Å². The lowest BCUT2D eigenvalue weighted by Gasteiger charge is -2.41. The molecule has 1 aliphatic heterocycles. The third-order valence-electron chi connectivity index (χ3n) is 5.24. The maximum absolute atomic E-state index is 12.3. The molecule has 1 aromatic heterocycles. The Morgan fingerprint density at radius 2 is 1.88 bits per heavy atom. The second-order valence-electron chi connectivity index (χ2n) is 6.87. The van der Waals surface area contributed by atoms with Crippen LogP contribution in [0.4, 0.5) is 0 Å². The van der Waals surface area contributed by atoms with Crippen LogP contribution in [-0.2, 0) is 9.59 Å². The Hall–Kier alpha value is -1.89. The zero-order valence-corrected chi connectivity index (χ0v) is 15.1. The van der Waals surface area contributed by atoms with E-state index in [-0.39, 0.29) is 30.8 Å². The van der Waals surface area contributed by atoms with E-state index in [0.717, 1.165) is 25.4 Å². The van der Waals surface area contributed by atoms with Crippen LogP contribution in [0.25, 0.3) is 0 Å². The first-order valence-electron chi connectivity index (χ1n) is 8.99. The SMILES string of the molecule is O=C(CNC(=O)c1cccs1)NCC(=O)N1CC[C@H]2CCCC[C@H]2C1. The molecular weight excluding hydrogens is 338 g/mol. The smallest absolute Gasteiger partial charge is 0.261 e. The predicted molar refractivity (Wildman–Crippen MR) is 96.3 cm³/mol. The lowest BCUT2D eigenvalue weighted by atomic mass is 9.75. The van der Waals surface area contributed by atoms with E-state index in [0.29, 0.717) is 10.8 Å². The van der Waals surface area contributed by atoms with Crippen molar-refractivity contribution in [2.75, 3.05) is 26.2 Å². The number of amides is 3. The molecule has 7 heteroatoms. The van der Waals surface area contributed by atoms with Crippen LogP contribution in [0.1, 0.15) is 41.8 Å². The number of likely N-dealkylation sites (tertiary alicyclic amines) is 1. The molecule has 1 aromatic rings. The Labute approximate surface area is 152 Å². The molecule has 3 rings (SSSR count). The zero-order chi connectivity index (χ0) is 17.6. The monoisotopic (exact) mass is 363 g/mol. The van der Waals surface area contributed by atoms with Gasteiger partial charge in [0.2, 0.25) is 11.8 Å². The molecule has 2 atom stereocenters. The highest BCUT2D eigenvalue weighted by Gasteiger charge is 2.32. The minimum Gasteiger partial charge on any atom is -0.345 e. The Morgan fingerprint density at radius 3 is 2.64 bits per heavy atom. The fourth-order valence-corrected chi connectivity index (χ4v) is 4.47. The normalized spacial score (nSPS) is 22.8. The molecule has 0 aromatic carbocycles. The van der Waals surface area contributed by atoms with Crippen LogP contribution < -0.4 is 10.6 Å². The number of rotatable bonds is 5. The predicted octanol–water partition coefficient (Wildman–Crippen LogP) is 1.63. The third-order valence-corrected chi connectivity index (χ3v) is 6.10. The topological polar surface area (TPSA) is 78.5 Å². The van der Waals surface area contributed by atoms with Gasteiger partial charge in [0.1, 0.15) is 0 Å². The summed E-state index contributed by atoms with van der Waals surface area (Å²) < 4.78 is 0. The third kappa shape index (κ3) is 4.81. The van der Waals surface area contributed by atoms with Gasteiger partial charge in [0.25, 0.3) is 5.91 Å². The molecule has 2 aliphatic rings. The van der Waals surface area contributed by atoms with Gasteiger partial charge in [0.15, 0.2) is 0 Å². The molecule has 3 amide bonds. The minimum atomic E-state index is -0.342. The number of carbonyl (C=O) groups excluding carboxylic acids is 3. The number of piperidine rings is 1. The van der Waals surface area contributed by atoms with Crippen LogP contribution in [0.15, 0.2) is 17.5 Å². The zero-order valence-electron chi connectivity index (χ0n) is 14.3. The van der Waals surface area contributed by atoms with Gasteiger partial charge in [-0.15, -0.1) is 11.3 Å². The number of carbonyl (C=O) groups is 3. The molecular formula is C18H25N3O3S. The highest BCUT2D eigenvalue weighted by atomic mass is 32.1. The van der Waals surface area contributed by atoms with Crippen molar-refractivity contribution < 1.29 is 14.4 Å². The summed E-state index contributed by atoms with van der Waals surface area (Å²) in [4.78, 5) is 38.4. The molecule has 1 saturated heterocycles. The Bertz CT molecular complexity index is 617. The van der Waals surface area contributed by atoms with Gasteiger partial charge in [-0.3, -0.25) is 14.4 Å². The van der Waals surface area contributed by atoms with Gasteiger partial charge in [-0.25, -0.2) is 0 Å². The van der Waals surface area contributed by atoms with Gasteiger partial charge in [-0.1, -0.05) is 25.3 Å². The van der Waals surface area contributed by atoms with Crippen LogP contribution in [0.5, 0.6) is 0 Å². The number of hydrogen-bond donors (Lipinski definition) is 2. The van der Waals surface area contributed by atoms with Gasteiger partial charge in [0.05, 0.1) is 18.0 Å². The van der Waals surface area contributed by atoms with Crippen molar-refractivity contribution >= 4 is 29.1 Å². The quantitative estimate of drug-likeness (QED) is 0.835. The van der Waals surface area contributed by atoms with E-state index < -0.39 is 0 Å². The van der Waals surface area contributed by atoms with Crippen molar-refractivity contribution in [3.05, 3.63) is 22.4 Å². The molecule has 6 nitrogen and oxygen atoms in total. The van der Waals surface area contributed by atoms with Crippen LogP contribution in [-0.4, -0.2) is 48.8 Å². The second kappa shape index (κ2) is 8.47. The first-order chi connectivity index (χ1) is 12.1. The second-order valence-corrected chi connectivity index (χ2v) is 7.82. The maximum Gasteiger partial charge on any atom is 0.261 e. The van der Waals surface area contributed by atoms with E-state index in [2.05, 4.69) is 10.6 Å². The van der Waals surface area contributed by atoms with Gasteiger partial charge in [0, 0.05) is 13.1 Å². The van der Waals surface area contributed by atoms with Gasteiger partial charge in [-0.2, -0.15) is 0 Å². The maximum atomic E-state index is 12.3. The van der Waals surface area contributed by atoms with Crippen molar-refractivity contribution in [1.82, 2.24) is 15.5 Å². The standard InChI is InChI=1S/C18H25N3O3S/c22-16(10-20-18(24)15-6-3-9-25-15)19-11-17(23)21-8-7-13-4-1-2-5-14(13)12-21/h3,6,9,13-14H,1-2,4-5,7-8,10-12H2,(H,19,22)(H,20,24)/t13-,14+/m1/s1. The molecule has 0 spiro atoms. The summed E-state index contributed by atoms with van der Waals surface area (Å²) in [6.07, 6.45) is 6.19. The number of nitrogens with one attached hydrogen (secondary N) is 2. The van der Waals surface area contributed by atoms with E-state index in [1.807, 2.05) is 10.3 Å². The first kappa shape index (κ1) is 17.9. The van der Waals surface area contributed by atoms with Gasteiger partial charge < -0.3 is 15.5 Å². The Kier molecular flexibility index (Phi) is 6.07. The lowest BCUT2D eigenvalue weighted by Crippen LogP contribution is -2.49.